The second-order valence-corrected chi connectivity index (χ2v) is 6.37. The summed E-state index contributed by atoms with van der Waals surface area (Å²) >= 11 is 0. The van der Waals surface area contributed by atoms with Crippen LogP contribution < -0.4 is 0 Å². The van der Waals surface area contributed by atoms with E-state index in [4.69, 9.17) is 10.5 Å². The first-order valence-electron chi connectivity index (χ1n) is 7.22. The molecule has 0 aromatic heterocycles. The highest BCUT2D eigenvalue weighted by molar-refractivity contribution is 5.56. The largest absolute Gasteiger partial charge is 0.204 e. The van der Waals surface area contributed by atoms with Crippen molar-refractivity contribution in [3.8, 4) is 12.1 Å². The number of hydrogen-bond acceptors (Lipinski definition) is 2. The molecule has 0 N–H and O–H groups in total. The second-order valence-electron chi connectivity index (χ2n) is 6.37. The van der Waals surface area contributed by atoms with Crippen molar-refractivity contribution in [2.45, 2.75) is 26.7 Å². The topological polar surface area (TPSA) is 47.6 Å². The molecular weight excluding hydrogens is 294 g/mol. The van der Waals surface area contributed by atoms with Gasteiger partial charge in [-0.2, -0.15) is 10.5 Å². The standard InChI is InChI=1S/C19H16F2N2/c1-19(2)9-14(7-15(10-19)16(11-22)12-23)4-3-13-5-6-17(20)18(21)8-13/h3-8H,9-10H2,1-2H3/b4-3+. The third kappa shape index (κ3) is 4.14. The van der Waals surface area contributed by atoms with Gasteiger partial charge >= 0.3 is 0 Å². The van der Waals surface area contributed by atoms with Crippen molar-refractivity contribution >= 4 is 6.08 Å². The van der Waals surface area contributed by atoms with E-state index in [-0.39, 0.29) is 11.0 Å². The summed E-state index contributed by atoms with van der Waals surface area (Å²) in [6, 6.07) is 7.57. The van der Waals surface area contributed by atoms with Gasteiger partial charge in [-0.05, 0) is 47.1 Å². The molecule has 0 fully saturated rings. The van der Waals surface area contributed by atoms with E-state index in [9.17, 15) is 8.78 Å². The highest BCUT2D eigenvalue weighted by Gasteiger charge is 2.26. The van der Waals surface area contributed by atoms with Gasteiger partial charge in [-0.3, -0.25) is 0 Å². The molecule has 0 aliphatic heterocycles. The molecule has 2 rings (SSSR count). The van der Waals surface area contributed by atoms with E-state index < -0.39 is 11.6 Å². The summed E-state index contributed by atoms with van der Waals surface area (Å²) in [4.78, 5) is 0. The monoisotopic (exact) mass is 310 g/mol. The van der Waals surface area contributed by atoms with Crippen LogP contribution >= 0.6 is 0 Å². The van der Waals surface area contributed by atoms with E-state index >= 15 is 0 Å². The van der Waals surface area contributed by atoms with Gasteiger partial charge in [0.15, 0.2) is 11.6 Å². The zero-order chi connectivity index (χ0) is 17.0. The zero-order valence-electron chi connectivity index (χ0n) is 13.0. The van der Waals surface area contributed by atoms with E-state index in [1.54, 1.807) is 6.08 Å². The van der Waals surface area contributed by atoms with Gasteiger partial charge in [0.05, 0.1) is 0 Å². The van der Waals surface area contributed by atoms with E-state index in [2.05, 4.69) is 13.8 Å². The van der Waals surface area contributed by atoms with Crippen molar-refractivity contribution in [1.82, 2.24) is 0 Å². The lowest BCUT2D eigenvalue weighted by Gasteiger charge is -2.30. The third-order valence-electron chi connectivity index (χ3n) is 3.69. The zero-order valence-corrected chi connectivity index (χ0v) is 13.0. The SMILES string of the molecule is CC1(C)CC(/C=C/c2ccc(F)c(F)c2)=CC(=C(C#N)C#N)C1. The van der Waals surface area contributed by atoms with E-state index in [0.717, 1.165) is 29.7 Å². The minimum absolute atomic E-state index is 0.0727. The summed E-state index contributed by atoms with van der Waals surface area (Å²) in [5.41, 5.74) is 2.27. The third-order valence-corrected chi connectivity index (χ3v) is 3.69. The van der Waals surface area contributed by atoms with Crippen LogP contribution in [0.5, 0.6) is 0 Å². The van der Waals surface area contributed by atoms with Crippen LogP contribution in [0, 0.1) is 39.7 Å². The maximum atomic E-state index is 13.2. The number of hydrogen-bond donors (Lipinski definition) is 0. The minimum Gasteiger partial charge on any atom is -0.204 e. The molecule has 4 heteroatoms. The predicted octanol–water partition coefficient (Wildman–Crippen LogP) is 5.07. The summed E-state index contributed by atoms with van der Waals surface area (Å²) in [6.45, 7) is 4.13. The van der Waals surface area contributed by atoms with Crippen LogP contribution in [0.3, 0.4) is 0 Å². The van der Waals surface area contributed by atoms with Gasteiger partial charge in [0.1, 0.15) is 17.7 Å². The van der Waals surface area contributed by atoms with Crippen molar-refractivity contribution < 1.29 is 8.78 Å². The summed E-state index contributed by atoms with van der Waals surface area (Å²) in [6.07, 6.45) is 6.79. The van der Waals surface area contributed by atoms with Gasteiger partial charge in [-0.15, -0.1) is 0 Å². The quantitative estimate of drug-likeness (QED) is 0.716. The first kappa shape index (κ1) is 16.6. The number of halogens is 2. The van der Waals surface area contributed by atoms with Crippen molar-refractivity contribution in [2.75, 3.05) is 0 Å². The molecule has 1 aromatic carbocycles. The smallest absolute Gasteiger partial charge is 0.159 e. The molecule has 0 amide bonds. The molecule has 0 radical (unpaired) electrons. The molecule has 1 aliphatic rings. The molecule has 2 nitrogen and oxygen atoms in total. The molecule has 0 unspecified atom stereocenters. The van der Waals surface area contributed by atoms with Crippen LogP contribution in [0.15, 0.2) is 47.1 Å². The number of rotatable bonds is 2. The lowest BCUT2D eigenvalue weighted by Crippen LogP contribution is -2.17. The Balaban J connectivity index is 2.36. The maximum absolute atomic E-state index is 13.2. The Bertz CT molecular complexity index is 784. The highest BCUT2D eigenvalue weighted by Crippen LogP contribution is 2.39. The predicted molar refractivity (Wildman–Crippen MR) is 84.7 cm³/mol. The van der Waals surface area contributed by atoms with Crippen LogP contribution in [0.1, 0.15) is 32.3 Å². The van der Waals surface area contributed by atoms with E-state index in [1.165, 1.54) is 6.07 Å². The molecular formula is C19H16F2N2. The summed E-state index contributed by atoms with van der Waals surface area (Å²) < 4.78 is 26.2. The lowest BCUT2D eigenvalue weighted by atomic mass is 9.74. The number of benzene rings is 1. The maximum Gasteiger partial charge on any atom is 0.159 e. The Morgan fingerprint density at radius 3 is 2.39 bits per heavy atom. The van der Waals surface area contributed by atoms with Gasteiger partial charge in [0, 0.05) is 0 Å². The van der Waals surface area contributed by atoms with Gasteiger partial charge in [0.25, 0.3) is 0 Å². The molecule has 0 saturated heterocycles. The van der Waals surface area contributed by atoms with Crippen molar-refractivity contribution in [3.63, 3.8) is 0 Å². The lowest BCUT2D eigenvalue weighted by molar-refractivity contribution is 0.354. The van der Waals surface area contributed by atoms with Crippen molar-refractivity contribution in [1.29, 1.82) is 10.5 Å². The fourth-order valence-electron chi connectivity index (χ4n) is 2.71. The molecule has 116 valence electrons. The van der Waals surface area contributed by atoms with Crippen molar-refractivity contribution in [3.05, 3.63) is 64.3 Å². The Labute approximate surface area is 134 Å². The van der Waals surface area contributed by atoms with Crippen LogP contribution in [0.2, 0.25) is 0 Å². The fraction of sp³-hybridized carbons (Fsp3) is 0.263. The summed E-state index contributed by atoms with van der Waals surface area (Å²) in [5.74, 6) is -1.76. The average Bonchev–Trinajstić information content (AvgIpc) is 2.48. The van der Waals surface area contributed by atoms with Crippen LogP contribution in [-0.4, -0.2) is 0 Å². The van der Waals surface area contributed by atoms with Crippen LogP contribution in [0.25, 0.3) is 6.08 Å². The summed E-state index contributed by atoms with van der Waals surface area (Å²) in [7, 11) is 0. The average molecular weight is 310 g/mol. The Hall–Kier alpha value is -2.72. The van der Waals surface area contributed by atoms with E-state index in [1.807, 2.05) is 24.3 Å². The highest BCUT2D eigenvalue weighted by atomic mass is 19.2. The molecule has 0 spiro atoms. The Morgan fingerprint density at radius 2 is 1.78 bits per heavy atom. The molecule has 1 aromatic rings. The number of nitriles is 2. The molecule has 23 heavy (non-hydrogen) atoms. The molecule has 0 heterocycles. The van der Waals surface area contributed by atoms with Gasteiger partial charge < -0.3 is 0 Å². The van der Waals surface area contributed by atoms with Crippen LogP contribution in [-0.2, 0) is 0 Å². The molecule has 0 atom stereocenters. The molecule has 0 saturated carbocycles. The number of allylic oxidation sites excluding steroid dienone is 5. The first-order valence-corrected chi connectivity index (χ1v) is 7.22. The normalized spacial score (nSPS) is 16.6. The Morgan fingerprint density at radius 1 is 1.09 bits per heavy atom. The van der Waals surface area contributed by atoms with Gasteiger partial charge in [0.2, 0.25) is 0 Å². The van der Waals surface area contributed by atoms with Crippen LogP contribution in [0.4, 0.5) is 8.78 Å². The number of nitrogens with zero attached hydrogens (tertiary/aromatic N) is 2. The summed E-state index contributed by atoms with van der Waals surface area (Å²) in [5, 5.41) is 18.1. The van der Waals surface area contributed by atoms with Gasteiger partial charge in [-0.25, -0.2) is 8.78 Å². The molecule has 0 bridgehead atoms. The van der Waals surface area contributed by atoms with E-state index in [0.29, 0.717) is 12.0 Å². The second kappa shape index (κ2) is 6.58. The fourth-order valence-corrected chi connectivity index (χ4v) is 2.71. The minimum atomic E-state index is -0.887. The first-order chi connectivity index (χ1) is 10.8. The van der Waals surface area contributed by atoms with Crippen molar-refractivity contribution in [2.24, 2.45) is 5.41 Å². The Kier molecular flexibility index (Phi) is 4.77. The molecule has 1 aliphatic carbocycles. The van der Waals surface area contributed by atoms with Gasteiger partial charge in [-0.1, -0.05) is 38.1 Å².